The van der Waals surface area contributed by atoms with Gasteiger partial charge in [-0.2, -0.15) is 0 Å². The summed E-state index contributed by atoms with van der Waals surface area (Å²) in [4.78, 5) is 0. The largest absolute Gasteiger partial charge is 0.493 e. The van der Waals surface area contributed by atoms with Crippen LogP contribution in [0.4, 0.5) is 0 Å². The van der Waals surface area contributed by atoms with Gasteiger partial charge < -0.3 is 9.47 Å². The summed E-state index contributed by atoms with van der Waals surface area (Å²) in [6.07, 6.45) is 4.88. The first-order chi connectivity index (χ1) is 4.47. The number of ether oxygens (including phenoxy) is 2. The fraction of sp³-hybridized carbons (Fsp3) is 0.429. The second kappa shape index (κ2) is 1.79. The molecule has 2 aliphatic heterocycles. The minimum Gasteiger partial charge on any atom is -0.493 e. The number of fused-ring (bicyclic) bond motifs is 1. The van der Waals surface area contributed by atoms with Crippen molar-refractivity contribution in [2.75, 3.05) is 13.2 Å². The molecule has 2 heterocycles. The normalized spacial score (nSPS) is 23.1. The molecule has 0 N–H and O–H groups in total. The number of rotatable bonds is 0. The molecule has 0 saturated carbocycles. The van der Waals surface area contributed by atoms with Gasteiger partial charge in [0, 0.05) is 12.0 Å². The maximum atomic E-state index is 5.27. The van der Waals surface area contributed by atoms with Crippen LogP contribution >= 0.6 is 0 Å². The summed E-state index contributed by atoms with van der Waals surface area (Å²) in [5.74, 6) is 0.932. The van der Waals surface area contributed by atoms with Crippen molar-refractivity contribution < 1.29 is 9.47 Å². The van der Waals surface area contributed by atoms with E-state index in [-0.39, 0.29) is 0 Å². The highest BCUT2D eigenvalue weighted by atomic mass is 16.5. The molecule has 48 valence electrons. The molecule has 0 saturated heterocycles. The van der Waals surface area contributed by atoms with E-state index in [0.717, 1.165) is 18.8 Å². The maximum absolute atomic E-state index is 5.27. The first-order valence-electron chi connectivity index (χ1n) is 3.11. The SMILES string of the molecule is C1=C2COC=C2OCC1. The molecule has 0 unspecified atom stereocenters. The molecule has 0 atom stereocenters. The summed E-state index contributed by atoms with van der Waals surface area (Å²) in [6, 6.07) is 0. The third-order valence-corrected chi connectivity index (χ3v) is 1.51. The molecule has 0 aromatic carbocycles. The first kappa shape index (κ1) is 4.91. The van der Waals surface area contributed by atoms with E-state index in [1.807, 2.05) is 0 Å². The average molecular weight is 124 g/mol. The third kappa shape index (κ3) is 0.707. The van der Waals surface area contributed by atoms with Crippen LogP contribution in [0.5, 0.6) is 0 Å². The van der Waals surface area contributed by atoms with Gasteiger partial charge in [0.25, 0.3) is 0 Å². The Balaban J connectivity index is 2.30. The Kier molecular flexibility index (Phi) is 0.979. The molecule has 0 amide bonds. The summed E-state index contributed by atoms with van der Waals surface area (Å²) in [6.45, 7) is 1.51. The zero-order valence-corrected chi connectivity index (χ0v) is 5.09. The van der Waals surface area contributed by atoms with Crippen molar-refractivity contribution in [3.63, 3.8) is 0 Å². The summed E-state index contributed by atoms with van der Waals surface area (Å²) < 4.78 is 10.3. The van der Waals surface area contributed by atoms with E-state index in [1.165, 1.54) is 5.57 Å². The Morgan fingerprint density at radius 3 is 3.33 bits per heavy atom. The molecule has 2 aliphatic rings. The highest BCUT2D eigenvalue weighted by molar-refractivity contribution is 5.30. The van der Waals surface area contributed by atoms with Crippen LogP contribution in [0.2, 0.25) is 0 Å². The van der Waals surface area contributed by atoms with Crippen LogP contribution in [0.3, 0.4) is 0 Å². The van der Waals surface area contributed by atoms with E-state index in [1.54, 1.807) is 6.26 Å². The molecule has 0 radical (unpaired) electrons. The highest BCUT2D eigenvalue weighted by Crippen LogP contribution is 2.23. The molecule has 0 aromatic heterocycles. The Morgan fingerprint density at radius 2 is 2.44 bits per heavy atom. The van der Waals surface area contributed by atoms with Gasteiger partial charge in [-0.25, -0.2) is 0 Å². The van der Waals surface area contributed by atoms with Crippen LogP contribution in [0.25, 0.3) is 0 Å². The van der Waals surface area contributed by atoms with Gasteiger partial charge in [-0.1, -0.05) is 6.08 Å². The van der Waals surface area contributed by atoms with Gasteiger partial charge in [0.15, 0.2) is 5.76 Å². The fourth-order valence-electron chi connectivity index (χ4n) is 1.04. The van der Waals surface area contributed by atoms with Gasteiger partial charge in [-0.3, -0.25) is 0 Å². The molecule has 0 aliphatic carbocycles. The van der Waals surface area contributed by atoms with E-state index in [0.29, 0.717) is 6.61 Å². The van der Waals surface area contributed by atoms with E-state index < -0.39 is 0 Å². The van der Waals surface area contributed by atoms with E-state index in [4.69, 9.17) is 9.47 Å². The molecule has 2 heteroatoms. The summed E-state index contributed by atoms with van der Waals surface area (Å²) in [5, 5.41) is 0. The Bertz CT molecular complexity index is 179. The van der Waals surface area contributed by atoms with E-state index in [9.17, 15) is 0 Å². The predicted octanol–water partition coefficient (Wildman–Crippen LogP) is 1.20. The zero-order valence-electron chi connectivity index (χ0n) is 5.09. The van der Waals surface area contributed by atoms with Crippen LogP contribution in [-0.4, -0.2) is 13.2 Å². The zero-order chi connectivity index (χ0) is 6.10. The van der Waals surface area contributed by atoms with Crippen molar-refractivity contribution in [2.45, 2.75) is 6.42 Å². The molecule has 0 bridgehead atoms. The van der Waals surface area contributed by atoms with Crippen molar-refractivity contribution in [1.82, 2.24) is 0 Å². The Hall–Kier alpha value is -0.920. The van der Waals surface area contributed by atoms with Crippen LogP contribution < -0.4 is 0 Å². The Labute approximate surface area is 53.8 Å². The molecule has 9 heavy (non-hydrogen) atoms. The molecule has 0 aromatic rings. The van der Waals surface area contributed by atoms with Gasteiger partial charge in [-0.05, 0) is 0 Å². The number of hydrogen-bond donors (Lipinski definition) is 0. The maximum Gasteiger partial charge on any atom is 0.159 e. The lowest BCUT2D eigenvalue weighted by Gasteiger charge is -2.10. The second-order valence-corrected chi connectivity index (χ2v) is 2.16. The smallest absolute Gasteiger partial charge is 0.159 e. The van der Waals surface area contributed by atoms with E-state index in [2.05, 4.69) is 6.08 Å². The molecular formula is C7H8O2. The average Bonchev–Trinajstić information content (AvgIpc) is 2.33. The third-order valence-electron chi connectivity index (χ3n) is 1.51. The lowest BCUT2D eigenvalue weighted by atomic mass is 10.2. The minimum absolute atomic E-state index is 0.704. The lowest BCUT2D eigenvalue weighted by Crippen LogP contribution is -2.01. The summed E-state index contributed by atoms with van der Waals surface area (Å²) in [5.41, 5.74) is 1.21. The van der Waals surface area contributed by atoms with Gasteiger partial charge in [0.05, 0.1) is 6.61 Å². The van der Waals surface area contributed by atoms with Crippen LogP contribution in [0, 0.1) is 0 Å². The molecule has 2 nitrogen and oxygen atoms in total. The molecule has 2 rings (SSSR count). The van der Waals surface area contributed by atoms with Gasteiger partial charge >= 0.3 is 0 Å². The van der Waals surface area contributed by atoms with Crippen molar-refractivity contribution in [3.8, 4) is 0 Å². The van der Waals surface area contributed by atoms with Crippen molar-refractivity contribution in [3.05, 3.63) is 23.7 Å². The van der Waals surface area contributed by atoms with Crippen molar-refractivity contribution in [1.29, 1.82) is 0 Å². The van der Waals surface area contributed by atoms with Crippen molar-refractivity contribution >= 4 is 0 Å². The molecule has 0 fully saturated rings. The lowest BCUT2D eigenvalue weighted by molar-refractivity contribution is 0.216. The molecular weight excluding hydrogens is 116 g/mol. The highest BCUT2D eigenvalue weighted by Gasteiger charge is 2.16. The van der Waals surface area contributed by atoms with Gasteiger partial charge in [0.2, 0.25) is 0 Å². The summed E-state index contributed by atoms with van der Waals surface area (Å²) in [7, 11) is 0. The quantitative estimate of drug-likeness (QED) is 0.483. The van der Waals surface area contributed by atoms with E-state index >= 15 is 0 Å². The van der Waals surface area contributed by atoms with Crippen molar-refractivity contribution in [2.24, 2.45) is 0 Å². The monoisotopic (exact) mass is 124 g/mol. The first-order valence-corrected chi connectivity index (χ1v) is 3.11. The predicted molar refractivity (Wildman–Crippen MR) is 32.7 cm³/mol. The van der Waals surface area contributed by atoms with Crippen LogP contribution in [-0.2, 0) is 9.47 Å². The fourth-order valence-corrected chi connectivity index (χ4v) is 1.04. The van der Waals surface area contributed by atoms with Gasteiger partial charge in [-0.15, -0.1) is 0 Å². The minimum atomic E-state index is 0.704. The number of hydrogen-bond acceptors (Lipinski definition) is 2. The standard InChI is InChI=1S/C7H8O2/c1-2-6-4-8-5-7(6)9-3-1/h2,5H,1,3-4H2. The Morgan fingerprint density at radius 1 is 1.44 bits per heavy atom. The molecule has 0 spiro atoms. The topological polar surface area (TPSA) is 18.5 Å². The van der Waals surface area contributed by atoms with Gasteiger partial charge in [0.1, 0.15) is 12.9 Å². The summed E-state index contributed by atoms with van der Waals surface area (Å²) >= 11 is 0. The van der Waals surface area contributed by atoms with Crippen LogP contribution in [0.1, 0.15) is 6.42 Å². The van der Waals surface area contributed by atoms with Crippen LogP contribution in [0.15, 0.2) is 23.7 Å². The second-order valence-electron chi connectivity index (χ2n) is 2.16.